The van der Waals surface area contributed by atoms with Crippen molar-refractivity contribution in [1.82, 2.24) is 4.90 Å². The number of hydrogen-bond acceptors (Lipinski definition) is 3. The van der Waals surface area contributed by atoms with E-state index in [0.29, 0.717) is 0 Å². The third-order valence-corrected chi connectivity index (χ3v) is 3.43. The fraction of sp³-hybridized carbons (Fsp3) is 1.00. The summed E-state index contributed by atoms with van der Waals surface area (Å²) in [6.45, 7) is 10.3. The zero-order valence-electron chi connectivity index (χ0n) is 10.9. The number of methoxy groups -OCH3 is 1. The molecular weight excluding hydrogens is 188 g/mol. The fourth-order valence-corrected chi connectivity index (χ4v) is 2.17. The van der Waals surface area contributed by atoms with Crippen LogP contribution in [0.2, 0.25) is 0 Å². The van der Waals surface area contributed by atoms with Crippen molar-refractivity contribution in [3.63, 3.8) is 0 Å². The maximum Gasteiger partial charge on any atom is 0.0589 e. The molecule has 0 saturated heterocycles. The highest BCUT2D eigenvalue weighted by molar-refractivity contribution is 4.89. The minimum Gasteiger partial charge on any atom is -0.383 e. The summed E-state index contributed by atoms with van der Waals surface area (Å²) in [6.07, 6.45) is 3.40. The lowest BCUT2D eigenvalue weighted by Crippen LogP contribution is -2.54. The van der Waals surface area contributed by atoms with Crippen LogP contribution in [0, 0.1) is 0 Å². The Morgan fingerprint density at radius 1 is 1.13 bits per heavy atom. The number of nitrogens with two attached hydrogens (primary N) is 1. The second kappa shape index (κ2) is 8.08. The van der Waals surface area contributed by atoms with Gasteiger partial charge in [0.25, 0.3) is 0 Å². The van der Waals surface area contributed by atoms with Crippen LogP contribution in [0.15, 0.2) is 0 Å². The highest BCUT2D eigenvalue weighted by atomic mass is 16.5. The van der Waals surface area contributed by atoms with Crippen LogP contribution in [0.4, 0.5) is 0 Å². The maximum absolute atomic E-state index is 5.95. The lowest BCUT2D eigenvalue weighted by atomic mass is 9.90. The molecular formula is C12H28N2O. The largest absolute Gasteiger partial charge is 0.383 e. The summed E-state index contributed by atoms with van der Waals surface area (Å²) < 4.78 is 5.16. The standard InChI is InChI=1S/C12H28N2O/c1-5-8-14(9-10-15-4)12(6-2,7-3)11-13/h5-11,13H2,1-4H3. The summed E-state index contributed by atoms with van der Waals surface area (Å²) in [5.41, 5.74) is 6.12. The molecule has 0 spiro atoms. The molecule has 3 heteroatoms. The first-order chi connectivity index (χ1) is 7.20. The molecule has 0 radical (unpaired) electrons. The predicted octanol–water partition coefficient (Wildman–Crippen LogP) is 1.86. The van der Waals surface area contributed by atoms with Gasteiger partial charge in [-0.25, -0.2) is 0 Å². The first-order valence-corrected chi connectivity index (χ1v) is 6.14. The topological polar surface area (TPSA) is 38.5 Å². The van der Waals surface area contributed by atoms with Crippen molar-refractivity contribution >= 4 is 0 Å². The minimum absolute atomic E-state index is 0.175. The number of nitrogens with zero attached hydrogens (tertiary/aromatic N) is 1. The molecule has 0 rings (SSSR count). The second-order valence-electron chi connectivity index (χ2n) is 4.12. The van der Waals surface area contributed by atoms with Gasteiger partial charge in [0.05, 0.1) is 6.61 Å². The molecule has 0 aromatic rings. The van der Waals surface area contributed by atoms with Gasteiger partial charge in [-0.2, -0.15) is 0 Å². The molecule has 3 nitrogen and oxygen atoms in total. The van der Waals surface area contributed by atoms with Crippen molar-refractivity contribution in [2.45, 2.75) is 45.6 Å². The van der Waals surface area contributed by atoms with E-state index in [1.54, 1.807) is 7.11 Å². The maximum atomic E-state index is 5.95. The van der Waals surface area contributed by atoms with Gasteiger partial charge in [0.15, 0.2) is 0 Å². The van der Waals surface area contributed by atoms with Gasteiger partial charge in [0, 0.05) is 25.7 Å². The lowest BCUT2D eigenvalue weighted by Gasteiger charge is -2.42. The Labute approximate surface area is 95.0 Å². The van der Waals surface area contributed by atoms with Crippen molar-refractivity contribution in [2.75, 3.05) is 33.4 Å². The normalized spacial score (nSPS) is 12.4. The summed E-state index contributed by atoms with van der Waals surface area (Å²) in [5.74, 6) is 0. The van der Waals surface area contributed by atoms with Gasteiger partial charge in [-0.3, -0.25) is 4.90 Å². The van der Waals surface area contributed by atoms with E-state index >= 15 is 0 Å². The van der Waals surface area contributed by atoms with Crippen LogP contribution in [0.3, 0.4) is 0 Å². The summed E-state index contributed by atoms with van der Waals surface area (Å²) >= 11 is 0. The highest BCUT2D eigenvalue weighted by Gasteiger charge is 2.30. The van der Waals surface area contributed by atoms with Crippen LogP contribution in [-0.4, -0.2) is 43.8 Å². The molecule has 0 aliphatic rings. The minimum atomic E-state index is 0.175. The second-order valence-corrected chi connectivity index (χ2v) is 4.12. The van der Waals surface area contributed by atoms with E-state index in [2.05, 4.69) is 25.7 Å². The van der Waals surface area contributed by atoms with E-state index in [1.807, 2.05) is 0 Å². The molecule has 0 saturated carbocycles. The van der Waals surface area contributed by atoms with Gasteiger partial charge in [-0.15, -0.1) is 0 Å². The van der Waals surface area contributed by atoms with E-state index < -0.39 is 0 Å². The molecule has 0 unspecified atom stereocenters. The zero-order chi connectivity index (χ0) is 11.7. The van der Waals surface area contributed by atoms with E-state index in [1.165, 1.54) is 6.42 Å². The molecule has 0 fully saturated rings. The van der Waals surface area contributed by atoms with Crippen molar-refractivity contribution in [1.29, 1.82) is 0 Å². The van der Waals surface area contributed by atoms with Gasteiger partial charge >= 0.3 is 0 Å². The Morgan fingerprint density at radius 3 is 2.07 bits per heavy atom. The third kappa shape index (κ3) is 4.09. The van der Waals surface area contributed by atoms with E-state index in [9.17, 15) is 0 Å². The molecule has 0 amide bonds. The molecule has 0 aromatic heterocycles. The van der Waals surface area contributed by atoms with Crippen LogP contribution in [0.1, 0.15) is 40.0 Å². The number of hydrogen-bond donors (Lipinski definition) is 1. The Hall–Kier alpha value is -0.120. The third-order valence-electron chi connectivity index (χ3n) is 3.43. The predicted molar refractivity (Wildman–Crippen MR) is 66.1 cm³/mol. The molecule has 0 aliphatic carbocycles. The van der Waals surface area contributed by atoms with E-state index in [-0.39, 0.29) is 5.54 Å². The van der Waals surface area contributed by atoms with Crippen molar-refractivity contribution in [2.24, 2.45) is 5.73 Å². The molecule has 92 valence electrons. The van der Waals surface area contributed by atoms with Crippen molar-refractivity contribution in [3.8, 4) is 0 Å². The molecule has 2 N–H and O–H groups in total. The quantitative estimate of drug-likeness (QED) is 0.639. The number of rotatable bonds is 9. The van der Waals surface area contributed by atoms with Gasteiger partial charge in [0.2, 0.25) is 0 Å². The lowest BCUT2D eigenvalue weighted by molar-refractivity contribution is 0.0535. The van der Waals surface area contributed by atoms with Crippen LogP contribution in [-0.2, 0) is 4.74 Å². The first kappa shape index (κ1) is 14.9. The molecule has 0 aliphatic heterocycles. The summed E-state index contributed by atoms with van der Waals surface area (Å²) in [7, 11) is 1.76. The average Bonchev–Trinajstić information content (AvgIpc) is 2.28. The molecule has 15 heavy (non-hydrogen) atoms. The van der Waals surface area contributed by atoms with Crippen molar-refractivity contribution in [3.05, 3.63) is 0 Å². The smallest absolute Gasteiger partial charge is 0.0589 e. The summed E-state index contributed by atoms with van der Waals surface area (Å²) in [5, 5.41) is 0. The molecule has 0 atom stereocenters. The van der Waals surface area contributed by atoms with Gasteiger partial charge in [-0.1, -0.05) is 20.8 Å². The van der Waals surface area contributed by atoms with Crippen LogP contribution in [0.5, 0.6) is 0 Å². The van der Waals surface area contributed by atoms with E-state index in [0.717, 1.165) is 39.1 Å². The Kier molecular flexibility index (Phi) is 8.02. The molecule has 0 heterocycles. The van der Waals surface area contributed by atoms with Crippen LogP contribution < -0.4 is 5.73 Å². The molecule has 0 bridgehead atoms. The van der Waals surface area contributed by atoms with Gasteiger partial charge in [0.1, 0.15) is 0 Å². The fourth-order valence-electron chi connectivity index (χ4n) is 2.17. The summed E-state index contributed by atoms with van der Waals surface area (Å²) in [4.78, 5) is 2.50. The Morgan fingerprint density at radius 2 is 1.73 bits per heavy atom. The molecule has 0 aromatic carbocycles. The highest BCUT2D eigenvalue weighted by Crippen LogP contribution is 2.22. The monoisotopic (exact) mass is 216 g/mol. The average molecular weight is 216 g/mol. The Balaban J connectivity index is 4.50. The van der Waals surface area contributed by atoms with Crippen molar-refractivity contribution < 1.29 is 4.74 Å². The zero-order valence-corrected chi connectivity index (χ0v) is 10.9. The van der Waals surface area contributed by atoms with Crippen LogP contribution >= 0.6 is 0 Å². The SMILES string of the molecule is CCCN(CCOC)C(CC)(CC)CN. The number of ether oxygens (including phenoxy) is 1. The first-order valence-electron chi connectivity index (χ1n) is 6.14. The van der Waals surface area contributed by atoms with Crippen LogP contribution in [0.25, 0.3) is 0 Å². The van der Waals surface area contributed by atoms with Gasteiger partial charge < -0.3 is 10.5 Å². The Bertz CT molecular complexity index is 138. The summed E-state index contributed by atoms with van der Waals surface area (Å²) in [6, 6.07) is 0. The van der Waals surface area contributed by atoms with E-state index in [4.69, 9.17) is 10.5 Å². The van der Waals surface area contributed by atoms with Gasteiger partial charge in [-0.05, 0) is 25.8 Å².